The van der Waals surface area contributed by atoms with E-state index in [9.17, 15) is 8.42 Å². The molecule has 7 nitrogen and oxygen atoms in total. The smallest absolute Gasteiger partial charge is 0.240 e. The van der Waals surface area contributed by atoms with E-state index in [-0.39, 0.29) is 17.3 Å². The Morgan fingerprint density at radius 2 is 1.75 bits per heavy atom. The van der Waals surface area contributed by atoms with Gasteiger partial charge in [-0.1, -0.05) is 0 Å². The van der Waals surface area contributed by atoms with E-state index < -0.39 is 10.0 Å². The average molecular weight is 378 g/mol. The van der Waals surface area contributed by atoms with Gasteiger partial charge in [0.15, 0.2) is 11.5 Å². The average Bonchev–Trinajstić information content (AvgIpc) is 2.59. The van der Waals surface area contributed by atoms with Gasteiger partial charge in [-0.25, -0.2) is 13.1 Å². The van der Waals surface area contributed by atoms with Crippen LogP contribution in [-0.2, 0) is 14.8 Å². The number of ether oxygens (including phenoxy) is 3. The van der Waals surface area contributed by atoms with Crippen molar-refractivity contribution in [2.75, 3.05) is 52.6 Å². The second kappa shape index (κ2) is 8.87. The minimum absolute atomic E-state index is 0. The third-order valence-electron chi connectivity index (χ3n) is 3.87. The number of fused-ring (bicyclic) bond motifs is 1. The number of nitrogens with zero attached hydrogens (tertiary/aromatic N) is 1. The molecule has 1 fully saturated rings. The van der Waals surface area contributed by atoms with E-state index in [0.717, 1.165) is 39.3 Å². The zero-order valence-electron chi connectivity index (χ0n) is 13.4. The first-order valence-corrected chi connectivity index (χ1v) is 9.33. The first kappa shape index (κ1) is 19.3. The van der Waals surface area contributed by atoms with E-state index in [2.05, 4.69) is 9.62 Å². The first-order valence-electron chi connectivity index (χ1n) is 7.84. The maximum Gasteiger partial charge on any atom is 0.240 e. The molecule has 24 heavy (non-hydrogen) atoms. The Morgan fingerprint density at radius 1 is 1.04 bits per heavy atom. The van der Waals surface area contributed by atoms with Crippen molar-refractivity contribution >= 4 is 10.0 Å². The summed E-state index contributed by atoms with van der Waals surface area (Å²) in [4.78, 5) is 2.48. The molecular weight excluding hydrogens is 356 g/mol. The molecule has 2 aliphatic rings. The second-order valence-electron chi connectivity index (χ2n) is 5.51. The van der Waals surface area contributed by atoms with E-state index in [1.807, 2.05) is 0 Å². The van der Waals surface area contributed by atoms with Crippen molar-refractivity contribution in [3.8, 4) is 11.5 Å². The highest BCUT2D eigenvalue weighted by Gasteiger charge is 2.19. The molecule has 2 heterocycles. The van der Waals surface area contributed by atoms with Crippen molar-refractivity contribution in [2.24, 2.45) is 0 Å². The van der Waals surface area contributed by atoms with Crippen LogP contribution in [0.3, 0.4) is 0 Å². The predicted molar refractivity (Wildman–Crippen MR) is 84.5 cm³/mol. The van der Waals surface area contributed by atoms with Crippen LogP contribution in [0.1, 0.15) is 6.42 Å². The van der Waals surface area contributed by atoms with Crippen molar-refractivity contribution in [3.63, 3.8) is 0 Å². The Morgan fingerprint density at radius 3 is 2.50 bits per heavy atom. The normalized spacial score (nSPS) is 18.0. The SMILES string of the molecule is O=S(=O)(NCCCN1CCOCC1)c1ccc2c(c1)OCCO2.[Cl-]. The molecule has 0 saturated carbocycles. The number of morpholine rings is 1. The molecule has 2 aliphatic heterocycles. The summed E-state index contributed by atoms with van der Waals surface area (Å²) in [6.45, 7) is 5.53. The number of hydrogen-bond donors (Lipinski definition) is 1. The van der Waals surface area contributed by atoms with Crippen molar-refractivity contribution < 1.29 is 35.0 Å². The fourth-order valence-electron chi connectivity index (χ4n) is 2.61. The molecule has 1 aromatic carbocycles. The molecule has 136 valence electrons. The number of hydrogen-bond acceptors (Lipinski definition) is 6. The van der Waals surface area contributed by atoms with Gasteiger partial charge in [0.1, 0.15) is 13.2 Å². The molecule has 1 aromatic rings. The lowest BCUT2D eigenvalue weighted by atomic mass is 10.3. The molecule has 0 unspecified atom stereocenters. The maximum atomic E-state index is 12.3. The fourth-order valence-corrected chi connectivity index (χ4v) is 3.70. The van der Waals surface area contributed by atoms with E-state index in [1.165, 1.54) is 12.1 Å². The van der Waals surface area contributed by atoms with Crippen LogP contribution in [0.5, 0.6) is 11.5 Å². The molecular formula is C15H22ClN2O5S-. The molecule has 1 saturated heterocycles. The van der Waals surface area contributed by atoms with Gasteiger partial charge >= 0.3 is 0 Å². The monoisotopic (exact) mass is 377 g/mol. The topological polar surface area (TPSA) is 77.1 Å². The largest absolute Gasteiger partial charge is 1.00 e. The van der Waals surface area contributed by atoms with Gasteiger partial charge in [0, 0.05) is 25.7 Å². The Bertz CT molecular complexity index is 635. The van der Waals surface area contributed by atoms with E-state index in [0.29, 0.717) is 31.3 Å². The van der Waals surface area contributed by atoms with Crippen LogP contribution in [0.25, 0.3) is 0 Å². The summed E-state index contributed by atoms with van der Waals surface area (Å²) >= 11 is 0. The Hall–Kier alpha value is -1.06. The Labute approximate surface area is 148 Å². The lowest BCUT2D eigenvalue weighted by Gasteiger charge is -2.26. The summed E-state index contributed by atoms with van der Waals surface area (Å²) in [6.07, 6.45) is 0.768. The second-order valence-corrected chi connectivity index (χ2v) is 7.28. The molecule has 9 heteroatoms. The van der Waals surface area contributed by atoms with Crippen molar-refractivity contribution in [2.45, 2.75) is 11.3 Å². The minimum atomic E-state index is -3.53. The molecule has 0 amide bonds. The molecule has 1 N–H and O–H groups in total. The van der Waals surface area contributed by atoms with Gasteiger partial charge in [0.2, 0.25) is 10.0 Å². The highest BCUT2D eigenvalue weighted by Crippen LogP contribution is 2.32. The first-order chi connectivity index (χ1) is 11.1. The quantitative estimate of drug-likeness (QED) is 0.551. The van der Waals surface area contributed by atoms with Crippen LogP contribution in [0.2, 0.25) is 0 Å². The minimum Gasteiger partial charge on any atom is -1.00 e. The van der Waals surface area contributed by atoms with Crippen LogP contribution in [-0.4, -0.2) is 65.9 Å². The molecule has 0 spiro atoms. The zero-order chi connectivity index (χ0) is 16.1. The van der Waals surface area contributed by atoms with Crippen LogP contribution in [0.15, 0.2) is 23.1 Å². The molecule has 0 aliphatic carbocycles. The molecule has 3 rings (SSSR count). The van der Waals surface area contributed by atoms with Gasteiger partial charge in [0.05, 0.1) is 18.1 Å². The van der Waals surface area contributed by atoms with E-state index in [4.69, 9.17) is 14.2 Å². The summed E-state index contributed by atoms with van der Waals surface area (Å²) in [6, 6.07) is 4.69. The summed E-state index contributed by atoms with van der Waals surface area (Å²) in [5.74, 6) is 1.06. The number of rotatable bonds is 6. The summed E-state index contributed by atoms with van der Waals surface area (Å²) in [7, 11) is -3.53. The van der Waals surface area contributed by atoms with Crippen LogP contribution < -0.4 is 26.6 Å². The van der Waals surface area contributed by atoms with Gasteiger partial charge < -0.3 is 26.6 Å². The van der Waals surface area contributed by atoms with Gasteiger partial charge in [0.25, 0.3) is 0 Å². The Kier molecular flexibility index (Phi) is 7.12. The zero-order valence-corrected chi connectivity index (χ0v) is 14.9. The molecule has 0 radical (unpaired) electrons. The third-order valence-corrected chi connectivity index (χ3v) is 5.33. The van der Waals surface area contributed by atoms with Crippen LogP contribution in [0.4, 0.5) is 0 Å². The van der Waals surface area contributed by atoms with Gasteiger partial charge in [-0.05, 0) is 25.1 Å². The molecule has 0 atom stereocenters. The third kappa shape index (κ3) is 4.97. The lowest BCUT2D eigenvalue weighted by molar-refractivity contribution is -0.00000924. The molecule has 0 aromatic heterocycles. The van der Waals surface area contributed by atoms with Gasteiger partial charge in [-0.15, -0.1) is 0 Å². The molecule has 0 bridgehead atoms. The lowest BCUT2D eigenvalue weighted by Crippen LogP contribution is -3.00. The number of nitrogens with one attached hydrogen (secondary N) is 1. The van der Waals surface area contributed by atoms with Crippen LogP contribution >= 0.6 is 0 Å². The van der Waals surface area contributed by atoms with Crippen molar-refractivity contribution in [3.05, 3.63) is 18.2 Å². The van der Waals surface area contributed by atoms with Crippen molar-refractivity contribution in [1.82, 2.24) is 9.62 Å². The summed E-state index contributed by atoms with van der Waals surface area (Å²) in [5.41, 5.74) is 0. The standard InChI is InChI=1S/C15H22N2O5S.ClH/c18-23(19,16-4-1-5-17-6-8-20-9-7-17)13-2-3-14-15(12-13)22-11-10-21-14;/h2-3,12,16H,1,4-11H2;1H/p-1. The van der Waals surface area contributed by atoms with Gasteiger partial charge in [-0.3, -0.25) is 4.90 Å². The maximum absolute atomic E-state index is 12.3. The summed E-state index contributed by atoms with van der Waals surface area (Å²) < 4.78 is 43.4. The van der Waals surface area contributed by atoms with Crippen molar-refractivity contribution in [1.29, 1.82) is 0 Å². The highest BCUT2D eigenvalue weighted by atomic mass is 35.5. The number of sulfonamides is 1. The van der Waals surface area contributed by atoms with E-state index >= 15 is 0 Å². The highest BCUT2D eigenvalue weighted by molar-refractivity contribution is 7.89. The number of halogens is 1. The summed E-state index contributed by atoms with van der Waals surface area (Å²) in [5, 5.41) is 0. The fraction of sp³-hybridized carbons (Fsp3) is 0.600. The Balaban J connectivity index is 0.00000208. The van der Waals surface area contributed by atoms with Gasteiger partial charge in [-0.2, -0.15) is 0 Å². The van der Waals surface area contributed by atoms with E-state index in [1.54, 1.807) is 6.07 Å². The van der Waals surface area contributed by atoms with Crippen LogP contribution in [0, 0.1) is 0 Å². The predicted octanol–water partition coefficient (Wildman–Crippen LogP) is -2.54. The number of benzene rings is 1.